The summed E-state index contributed by atoms with van der Waals surface area (Å²) >= 11 is 0. The Kier molecular flexibility index (Phi) is 5.81. The number of aromatic nitrogens is 4. The van der Waals surface area contributed by atoms with E-state index in [1.807, 2.05) is 24.3 Å². The van der Waals surface area contributed by atoms with Gasteiger partial charge in [0.15, 0.2) is 11.6 Å². The first-order valence-corrected chi connectivity index (χ1v) is 16.0. The number of furan rings is 1. The van der Waals surface area contributed by atoms with Crippen molar-refractivity contribution in [1.29, 1.82) is 0 Å². The summed E-state index contributed by atoms with van der Waals surface area (Å²) in [5.74, 6) is 1.79. The second-order valence-electron chi connectivity index (χ2n) is 12.1. The fourth-order valence-electron chi connectivity index (χ4n) is 6.98. The molecule has 3 heterocycles. The van der Waals surface area contributed by atoms with E-state index in [0.29, 0.717) is 17.6 Å². The Labute approximate surface area is 275 Å². The summed E-state index contributed by atoms with van der Waals surface area (Å²) in [6, 6.07) is 54.5. The Morgan fingerprint density at radius 3 is 1.77 bits per heavy atom. The van der Waals surface area contributed by atoms with Crippen molar-refractivity contribution in [3.63, 3.8) is 0 Å². The number of benzene rings is 7. The van der Waals surface area contributed by atoms with E-state index in [0.717, 1.165) is 76.8 Å². The molecule has 5 nitrogen and oxygen atoms in total. The Morgan fingerprint density at radius 2 is 1.00 bits per heavy atom. The van der Waals surface area contributed by atoms with Gasteiger partial charge in [0.05, 0.1) is 11.0 Å². The lowest BCUT2D eigenvalue weighted by atomic mass is 10.0. The van der Waals surface area contributed by atoms with E-state index in [4.69, 9.17) is 19.4 Å². The number of fused-ring (bicyclic) bond motifs is 8. The zero-order valence-electron chi connectivity index (χ0n) is 25.7. The van der Waals surface area contributed by atoms with E-state index in [2.05, 4.69) is 138 Å². The zero-order valence-corrected chi connectivity index (χ0v) is 25.7. The van der Waals surface area contributed by atoms with Gasteiger partial charge in [0.25, 0.3) is 0 Å². The van der Waals surface area contributed by atoms with Crippen LogP contribution < -0.4 is 0 Å². The van der Waals surface area contributed by atoms with Gasteiger partial charge in [-0.3, -0.25) is 4.57 Å². The summed E-state index contributed by atoms with van der Waals surface area (Å²) in [5, 5.41) is 6.66. The van der Waals surface area contributed by atoms with Gasteiger partial charge in [-0.05, 0) is 59.0 Å². The molecule has 0 N–H and O–H groups in total. The molecule has 5 heteroatoms. The summed E-state index contributed by atoms with van der Waals surface area (Å²) in [6.07, 6.45) is 0. The molecule has 0 radical (unpaired) electrons. The highest BCUT2D eigenvalue weighted by atomic mass is 16.3. The first kappa shape index (κ1) is 26.6. The van der Waals surface area contributed by atoms with Crippen molar-refractivity contribution in [3.8, 4) is 39.9 Å². The molecule has 0 aliphatic heterocycles. The van der Waals surface area contributed by atoms with Crippen molar-refractivity contribution in [2.45, 2.75) is 0 Å². The van der Waals surface area contributed by atoms with Crippen molar-refractivity contribution >= 4 is 54.5 Å². The monoisotopic (exact) mass is 614 g/mol. The maximum atomic E-state index is 6.34. The molecular formula is C43H26N4O. The topological polar surface area (TPSA) is 56.7 Å². The van der Waals surface area contributed by atoms with Gasteiger partial charge < -0.3 is 4.42 Å². The summed E-state index contributed by atoms with van der Waals surface area (Å²) in [4.78, 5) is 15.5. The van der Waals surface area contributed by atoms with Gasteiger partial charge in [-0.1, -0.05) is 115 Å². The minimum absolute atomic E-state index is 0.574. The van der Waals surface area contributed by atoms with Crippen LogP contribution in [0.4, 0.5) is 0 Å². The molecule has 0 amide bonds. The second-order valence-corrected chi connectivity index (χ2v) is 12.1. The number of hydrogen-bond acceptors (Lipinski definition) is 4. The molecule has 0 aliphatic carbocycles. The summed E-state index contributed by atoms with van der Waals surface area (Å²) in [5.41, 5.74) is 7.95. The van der Waals surface area contributed by atoms with Crippen LogP contribution in [0.25, 0.3) is 94.4 Å². The molecule has 0 atom stereocenters. The minimum atomic E-state index is 0.574. The highest BCUT2D eigenvalue weighted by Gasteiger charge is 2.18. The molecule has 0 aliphatic rings. The highest BCUT2D eigenvalue weighted by molar-refractivity contribution is 6.15. The predicted octanol–water partition coefficient (Wildman–Crippen LogP) is 11.0. The lowest BCUT2D eigenvalue weighted by Crippen LogP contribution is -2.06. The van der Waals surface area contributed by atoms with Crippen LogP contribution in [0.3, 0.4) is 0 Å². The van der Waals surface area contributed by atoms with E-state index in [1.54, 1.807) is 0 Å². The normalized spacial score (nSPS) is 11.8. The van der Waals surface area contributed by atoms with Gasteiger partial charge in [0, 0.05) is 38.1 Å². The van der Waals surface area contributed by atoms with E-state index in [9.17, 15) is 0 Å². The molecule has 0 unspecified atom stereocenters. The molecule has 0 spiro atoms. The molecule has 10 rings (SSSR count). The minimum Gasteiger partial charge on any atom is -0.455 e. The van der Waals surface area contributed by atoms with Crippen LogP contribution in [0.15, 0.2) is 162 Å². The largest absolute Gasteiger partial charge is 0.455 e. The molecule has 0 saturated heterocycles. The van der Waals surface area contributed by atoms with Crippen molar-refractivity contribution in [1.82, 2.24) is 19.5 Å². The lowest BCUT2D eigenvalue weighted by Gasteiger charge is -2.12. The smallest absolute Gasteiger partial charge is 0.238 e. The van der Waals surface area contributed by atoms with Crippen LogP contribution in [-0.4, -0.2) is 19.5 Å². The number of hydrogen-bond donors (Lipinski definition) is 0. The van der Waals surface area contributed by atoms with Crippen LogP contribution in [0.5, 0.6) is 0 Å². The van der Waals surface area contributed by atoms with Crippen molar-refractivity contribution in [2.75, 3.05) is 0 Å². The molecule has 0 saturated carbocycles. The Morgan fingerprint density at radius 1 is 0.396 bits per heavy atom. The fraction of sp³-hybridized carbons (Fsp3) is 0. The quantitative estimate of drug-likeness (QED) is 0.198. The van der Waals surface area contributed by atoms with E-state index >= 15 is 0 Å². The van der Waals surface area contributed by atoms with Crippen molar-refractivity contribution < 1.29 is 4.42 Å². The van der Waals surface area contributed by atoms with Crippen LogP contribution >= 0.6 is 0 Å². The average Bonchev–Trinajstić information content (AvgIpc) is 3.71. The van der Waals surface area contributed by atoms with Crippen LogP contribution in [-0.2, 0) is 0 Å². The Bertz CT molecular complexity index is 2800. The standard InChI is InChI=1S/C43H26N4O/c1-2-11-27(12-3-1)28-13-10-14-30(25-28)41-44-42(46-43(45-41)47-37-18-7-4-15-33(37)34-16-5-8-19-38(34)47)31-22-23-32-29(26-31)21-24-36-35-17-6-9-20-39(35)48-40(32)36/h1-26H. The summed E-state index contributed by atoms with van der Waals surface area (Å²) in [6.45, 7) is 0. The third kappa shape index (κ3) is 4.15. The van der Waals surface area contributed by atoms with Gasteiger partial charge in [0.2, 0.25) is 5.95 Å². The predicted molar refractivity (Wildman–Crippen MR) is 195 cm³/mol. The molecular weight excluding hydrogens is 589 g/mol. The number of para-hydroxylation sites is 3. The first-order chi connectivity index (χ1) is 23.8. The SMILES string of the molecule is c1ccc(-c2cccc(-c3nc(-c4ccc5c(ccc6c7ccccc7oc56)c4)nc(-n4c5ccccc5c5ccccc54)n3)c2)cc1. The van der Waals surface area contributed by atoms with E-state index < -0.39 is 0 Å². The van der Waals surface area contributed by atoms with Crippen LogP contribution in [0.1, 0.15) is 0 Å². The van der Waals surface area contributed by atoms with Gasteiger partial charge in [0.1, 0.15) is 11.2 Å². The van der Waals surface area contributed by atoms with Crippen LogP contribution in [0, 0.1) is 0 Å². The third-order valence-corrected chi connectivity index (χ3v) is 9.25. The number of nitrogens with zero attached hydrogens (tertiary/aromatic N) is 4. The van der Waals surface area contributed by atoms with Crippen molar-refractivity contribution in [3.05, 3.63) is 158 Å². The first-order valence-electron chi connectivity index (χ1n) is 16.0. The zero-order chi connectivity index (χ0) is 31.6. The van der Waals surface area contributed by atoms with Gasteiger partial charge in [-0.2, -0.15) is 9.97 Å². The average molecular weight is 615 g/mol. The Balaban J connectivity index is 1.21. The fourth-order valence-corrected chi connectivity index (χ4v) is 6.98. The van der Waals surface area contributed by atoms with Gasteiger partial charge in [-0.25, -0.2) is 4.98 Å². The van der Waals surface area contributed by atoms with Gasteiger partial charge in [-0.15, -0.1) is 0 Å². The summed E-state index contributed by atoms with van der Waals surface area (Å²) in [7, 11) is 0. The lowest BCUT2D eigenvalue weighted by molar-refractivity contribution is 0.672. The molecule has 7 aromatic carbocycles. The maximum Gasteiger partial charge on any atom is 0.238 e. The molecule has 3 aromatic heterocycles. The van der Waals surface area contributed by atoms with E-state index in [1.165, 1.54) is 0 Å². The maximum absolute atomic E-state index is 6.34. The second kappa shape index (κ2) is 10.5. The molecule has 48 heavy (non-hydrogen) atoms. The highest BCUT2D eigenvalue weighted by Crippen LogP contribution is 2.36. The van der Waals surface area contributed by atoms with Crippen LogP contribution in [0.2, 0.25) is 0 Å². The van der Waals surface area contributed by atoms with Gasteiger partial charge >= 0.3 is 0 Å². The Hall–Kier alpha value is -6.59. The third-order valence-electron chi connectivity index (χ3n) is 9.25. The van der Waals surface area contributed by atoms with Crippen molar-refractivity contribution in [2.24, 2.45) is 0 Å². The van der Waals surface area contributed by atoms with E-state index in [-0.39, 0.29) is 0 Å². The number of rotatable bonds is 4. The molecule has 0 fully saturated rings. The molecule has 0 bridgehead atoms. The summed E-state index contributed by atoms with van der Waals surface area (Å²) < 4.78 is 8.49. The molecule has 10 aromatic rings. The molecule has 224 valence electrons.